The molecule has 1 saturated carbocycles. The summed E-state index contributed by atoms with van der Waals surface area (Å²) < 4.78 is 5.58. The van der Waals surface area contributed by atoms with Crippen LogP contribution in [0.1, 0.15) is 23.2 Å². The Morgan fingerprint density at radius 3 is 2.72 bits per heavy atom. The highest BCUT2D eigenvalue weighted by atomic mass is 16.5. The summed E-state index contributed by atoms with van der Waals surface area (Å²) in [7, 11) is 0. The SMILES string of the molecule is O=C(O)CNC(=O)c1ccccc1OCC1CC1. The predicted octanol–water partition coefficient (Wildman–Crippen LogP) is 1.29. The monoisotopic (exact) mass is 249 g/mol. The summed E-state index contributed by atoms with van der Waals surface area (Å²) in [5.74, 6) is -0.393. The molecule has 0 spiro atoms. The lowest BCUT2D eigenvalue weighted by Crippen LogP contribution is -2.29. The highest BCUT2D eigenvalue weighted by Gasteiger charge is 2.23. The number of carbonyl (C=O) groups excluding carboxylic acids is 1. The van der Waals surface area contributed by atoms with Crippen LogP contribution in [-0.2, 0) is 4.79 Å². The number of hydrogen-bond donors (Lipinski definition) is 2. The van der Waals surface area contributed by atoms with E-state index >= 15 is 0 Å². The van der Waals surface area contributed by atoms with E-state index in [1.165, 1.54) is 12.8 Å². The Bertz CT molecular complexity index is 454. The maximum atomic E-state index is 11.8. The number of aliphatic carboxylic acids is 1. The number of amides is 1. The first kappa shape index (κ1) is 12.4. The first-order valence-corrected chi connectivity index (χ1v) is 5.88. The summed E-state index contributed by atoms with van der Waals surface area (Å²) in [5.41, 5.74) is 0.374. The van der Waals surface area contributed by atoms with Crippen molar-refractivity contribution in [3.05, 3.63) is 29.8 Å². The molecule has 1 amide bonds. The van der Waals surface area contributed by atoms with E-state index in [2.05, 4.69) is 5.32 Å². The largest absolute Gasteiger partial charge is 0.492 e. The summed E-state index contributed by atoms with van der Waals surface area (Å²) in [6, 6.07) is 6.85. The molecule has 0 aromatic heterocycles. The Balaban J connectivity index is 2.00. The molecule has 5 heteroatoms. The van der Waals surface area contributed by atoms with Gasteiger partial charge in [-0.05, 0) is 30.9 Å². The lowest BCUT2D eigenvalue weighted by atomic mass is 10.2. The van der Waals surface area contributed by atoms with Crippen LogP contribution in [-0.4, -0.2) is 30.1 Å². The summed E-state index contributed by atoms with van der Waals surface area (Å²) in [4.78, 5) is 22.2. The molecule has 0 bridgehead atoms. The van der Waals surface area contributed by atoms with Gasteiger partial charge in [0.15, 0.2) is 0 Å². The van der Waals surface area contributed by atoms with Crippen LogP contribution >= 0.6 is 0 Å². The fraction of sp³-hybridized carbons (Fsp3) is 0.385. The van der Waals surface area contributed by atoms with Crippen LogP contribution in [0.5, 0.6) is 5.75 Å². The van der Waals surface area contributed by atoms with E-state index in [0.717, 1.165) is 0 Å². The van der Waals surface area contributed by atoms with Crippen molar-refractivity contribution in [3.8, 4) is 5.75 Å². The Hall–Kier alpha value is -2.04. The highest BCUT2D eigenvalue weighted by molar-refractivity contribution is 5.98. The van der Waals surface area contributed by atoms with Crippen LogP contribution < -0.4 is 10.1 Å². The van der Waals surface area contributed by atoms with E-state index in [0.29, 0.717) is 23.8 Å². The smallest absolute Gasteiger partial charge is 0.322 e. The van der Waals surface area contributed by atoms with E-state index < -0.39 is 18.4 Å². The zero-order chi connectivity index (χ0) is 13.0. The molecule has 5 nitrogen and oxygen atoms in total. The molecule has 0 heterocycles. The lowest BCUT2D eigenvalue weighted by Gasteiger charge is -2.10. The van der Waals surface area contributed by atoms with Crippen LogP contribution in [0.15, 0.2) is 24.3 Å². The molecule has 1 aromatic rings. The number of carbonyl (C=O) groups is 2. The number of hydrogen-bond acceptors (Lipinski definition) is 3. The average molecular weight is 249 g/mol. The predicted molar refractivity (Wildman–Crippen MR) is 64.6 cm³/mol. The molecule has 2 rings (SSSR count). The van der Waals surface area contributed by atoms with Gasteiger partial charge in [-0.1, -0.05) is 12.1 Å². The van der Waals surface area contributed by atoms with Gasteiger partial charge in [0, 0.05) is 0 Å². The molecular formula is C13H15NO4. The number of carboxylic acids is 1. The molecule has 1 aliphatic carbocycles. The van der Waals surface area contributed by atoms with Gasteiger partial charge >= 0.3 is 5.97 Å². The maximum absolute atomic E-state index is 11.8. The van der Waals surface area contributed by atoms with Crippen molar-refractivity contribution >= 4 is 11.9 Å². The zero-order valence-corrected chi connectivity index (χ0v) is 9.89. The van der Waals surface area contributed by atoms with Gasteiger partial charge in [-0.3, -0.25) is 9.59 Å². The summed E-state index contributed by atoms with van der Waals surface area (Å²) in [6.45, 7) is 0.221. The molecular weight excluding hydrogens is 234 g/mol. The fourth-order valence-electron chi connectivity index (χ4n) is 1.52. The first-order valence-electron chi connectivity index (χ1n) is 5.88. The van der Waals surface area contributed by atoms with Gasteiger partial charge in [0.2, 0.25) is 0 Å². The number of benzene rings is 1. The van der Waals surface area contributed by atoms with Crippen LogP contribution in [0.2, 0.25) is 0 Å². The second-order valence-corrected chi connectivity index (χ2v) is 4.33. The van der Waals surface area contributed by atoms with Crippen molar-refractivity contribution in [2.24, 2.45) is 5.92 Å². The normalized spacial score (nSPS) is 14.0. The van der Waals surface area contributed by atoms with E-state index in [-0.39, 0.29) is 0 Å². The third-order valence-corrected chi connectivity index (χ3v) is 2.70. The van der Waals surface area contributed by atoms with Gasteiger partial charge in [-0.25, -0.2) is 0 Å². The third kappa shape index (κ3) is 3.48. The molecule has 0 atom stereocenters. The molecule has 1 fully saturated rings. The van der Waals surface area contributed by atoms with Gasteiger partial charge in [-0.15, -0.1) is 0 Å². The van der Waals surface area contributed by atoms with Gasteiger partial charge in [0.05, 0.1) is 12.2 Å². The molecule has 96 valence electrons. The summed E-state index contributed by atoms with van der Waals surface area (Å²) in [6.07, 6.45) is 2.35. The number of carboxylic acid groups (broad SMARTS) is 1. The van der Waals surface area contributed by atoms with Crippen molar-refractivity contribution in [2.75, 3.05) is 13.2 Å². The van der Waals surface area contributed by atoms with Gasteiger partial charge in [-0.2, -0.15) is 0 Å². The van der Waals surface area contributed by atoms with Crippen LogP contribution in [0.3, 0.4) is 0 Å². The third-order valence-electron chi connectivity index (χ3n) is 2.70. The number of para-hydroxylation sites is 1. The summed E-state index contributed by atoms with van der Waals surface area (Å²) in [5, 5.41) is 10.8. The number of nitrogens with one attached hydrogen (secondary N) is 1. The summed E-state index contributed by atoms with van der Waals surface area (Å²) >= 11 is 0. The van der Waals surface area contributed by atoms with E-state index in [1.54, 1.807) is 24.3 Å². The van der Waals surface area contributed by atoms with Crippen molar-refractivity contribution in [1.82, 2.24) is 5.32 Å². The lowest BCUT2D eigenvalue weighted by molar-refractivity contribution is -0.135. The number of rotatable bonds is 6. The Kier molecular flexibility index (Phi) is 3.82. The van der Waals surface area contributed by atoms with Gasteiger partial charge in [0.25, 0.3) is 5.91 Å². The molecule has 18 heavy (non-hydrogen) atoms. The van der Waals surface area contributed by atoms with Crippen LogP contribution in [0, 0.1) is 5.92 Å². The first-order chi connectivity index (χ1) is 8.66. The Morgan fingerprint density at radius 2 is 2.06 bits per heavy atom. The Labute approximate surface area is 105 Å². The minimum Gasteiger partial charge on any atom is -0.492 e. The fourth-order valence-corrected chi connectivity index (χ4v) is 1.52. The van der Waals surface area contributed by atoms with Gasteiger partial charge in [0.1, 0.15) is 12.3 Å². The molecule has 0 radical (unpaired) electrons. The highest BCUT2D eigenvalue weighted by Crippen LogP contribution is 2.30. The zero-order valence-electron chi connectivity index (χ0n) is 9.89. The molecule has 0 unspecified atom stereocenters. The standard InChI is InChI=1S/C13H15NO4/c15-12(16)7-14-13(17)10-3-1-2-4-11(10)18-8-9-5-6-9/h1-4,9H,5-8H2,(H,14,17)(H,15,16). The van der Waals surface area contributed by atoms with Crippen molar-refractivity contribution in [3.63, 3.8) is 0 Å². The topological polar surface area (TPSA) is 75.6 Å². The van der Waals surface area contributed by atoms with Crippen molar-refractivity contribution in [2.45, 2.75) is 12.8 Å². The molecule has 0 aliphatic heterocycles. The van der Waals surface area contributed by atoms with E-state index in [9.17, 15) is 9.59 Å². The minimum absolute atomic E-state index is 0.374. The number of ether oxygens (including phenoxy) is 1. The van der Waals surface area contributed by atoms with Gasteiger partial charge < -0.3 is 15.2 Å². The molecule has 2 N–H and O–H groups in total. The van der Waals surface area contributed by atoms with Crippen molar-refractivity contribution in [1.29, 1.82) is 0 Å². The van der Waals surface area contributed by atoms with Crippen molar-refractivity contribution < 1.29 is 19.4 Å². The molecule has 1 aliphatic rings. The van der Waals surface area contributed by atoms with E-state index in [1.807, 2.05) is 0 Å². The Morgan fingerprint density at radius 1 is 1.33 bits per heavy atom. The quantitative estimate of drug-likeness (QED) is 0.796. The molecule has 0 saturated heterocycles. The minimum atomic E-state index is -1.07. The maximum Gasteiger partial charge on any atom is 0.322 e. The second-order valence-electron chi connectivity index (χ2n) is 4.33. The average Bonchev–Trinajstić information content (AvgIpc) is 3.18. The van der Waals surface area contributed by atoms with E-state index in [4.69, 9.17) is 9.84 Å². The van der Waals surface area contributed by atoms with Crippen LogP contribution in [0.4, 0.5) is 0 Å². The van der Waals surface area contributed by atoms with Crippen LogP contribution in [0.25, 0.3) is 0 Å². The second kappa shape index (κ2) is 5.53. The molecule has 1 aromatic carbocycles.